The van der Waals surface area contributed by atoms with Gasteiger partial charge < -0.3 is 9.74 Å². The third-order valence-corrected chi connectivity index (χ3v) is 3.75. The number of nitro benzene ring substituents is 1. The number of hydrogen-bond donors (Lipinski definition) is 0. The van der Waals surface area contributed by atoms with Crippen molar-refractivity contribution >= 4 is 17.4 Å². The Kier molecular flexibility index (Phi) is 3.86. The normalized spacial score (nSPS) is 20.0. The Morgan fingerprint density at radius 3 is 2.50 bits per heavy atom. The molecule has 22 heavy (non-hydrogen) atoms. The molecular weight excluding hydrogens is 286 g/mol. The third-order valence-electron chi connectivity index (χ3n) is 3.75. The summed E-state index contributed by atoms with van der Waals surface area (Å²) < 4.78 is 0. The van der Waals surface area contributed by atoms with Crippen LogP contribution in [0.2, 0.25) is 0 Å². The Bertz CT molecular complexity index is 658. The predicted molar refractivity (Wildman–Crippen MR) is 79.2 cm³/mol. The summed E-state index contributed by atoms with van der Waals surface area (Å²) in [6, 6.07) is 5.92. The molecule has 0 aliphatic carbocycles. The molecule has 2 aliphatic heterocycles. The van der Waals surface area contributed by atoms with Crippen LogP contribution in [-0.2, 0) is 9.63 Å². The van der Waals surface area contributed by atoms with Crippen LogP contribution in [0.15, 0.2) is 41.2 Å². The number of rotatable bonds is 3. The quantitative estimate of drug-likeness (QED) is 0.370. The van der Waals surface area contributed by atoms with Gasteiger partial charge in [-0.15, -0.1) is 0 Å². The lowest BCUT2D eigenvalue weighted by Crippen LogP contribution is -2.26. The molecule has 0 radical (unpaired) electrons. The minimum Gasteiger partial charge on any atom is -0.377 e. The molecule has 0 aromatic heterocycles. The van der Waals surface area contributed by atoms with Crippen molar-refractivity contribution in [1.82, 2.24) is 4.90 Å². The molecule has 2 heterocycles. The molecule has 1 aromatic carbocycles. The molecule has 0 saturated carbocycles. The van der Waals surface area contributed by atoms with E-state index in [2.05, 4.69) is 10.1 Å². The largest absolute Gasteiger partial charge is 0.377 e. The van der Waals surface area contributed by atoms with Gasteiger partial charge in [0.25, 0.3) is 5.69 Å². The molecule has 3 rings (SSSR count). The van der Waals surface area contributed by atoms with E-state index in [0.717, 1.165) is 25.9 Å². The highest BCUT2D eigenvalue weighted by Gasteiger charge is 2.28. The van der Waals surface area contributed by atoms with E-state index in [1.165, 1.54) is 18.6 Å². The second-order valence-electron chi connectivity index (χ2n) is 5.26. The van der Waals surface area contributed by atoms with Gasteiger partial charge in [-0.05, 0) is 31.4 Å². The van der Waals surface area contributed by atoms with Gasteiger partial charge in [0.05, 0.1) is 4.92 Å². The Morgan fingerprint density at radius 2 is 1.86 bits per heavy atom. The van der Waals surface area contributed by atoms with Crippen LogP contribution < -0.4 is 0 Å². The van der Waals surface area contributed by atoms with Crippen LogP contribution in [0.1, 0.15) is 24.8 Å². The highest BCUT2D eigenvalue weighted by Crippen LogP contribution is 2.22. The van der Waals surface area contributed by atoms with Crippen molar-refractivity contribution in [3.05, 3.63) is 51.7 Å². The first-order valence-electron chi connectivity index (χ1n) is 7.15. The summed E-state index contributed by atoms with van der Waals surface area (Å²) in [7, 11) is 0. The fourth-order valence-electron chi connectivity index (χ4n) is 2.58. The lowest BCUT2D eigenvalue weighted by atomic mass is 10.0. The number of carbonyl (C=O) groups excluding carboxylic acids is 1. The molecule has 0 bridgehead atoms. The minimum absolute atomic E-state index is 0.00356. The van der Waals surface area contributed by atoms with Gasteiger partial charge in [0.1, 0.15) is 11.3 Å². The third kappa shape index (κ3) is 2.83. The van der Waals surface area contributed by atoms with E-state index >= 15 is 0 Å². The molecule has 0 amide bonds. The Labute approximate surface area is 127 Å². The second-order valence-corrected chi connectivity index (χ2v) is 5.26. The van der Waals surface area contributed by atoms with Crippen molar-refractivity contribution in [3.63, 3.8) is 0 Å². The van der Waals surface area contributed by atoms with Crippen molar-refractivity contribution < 1.29 is 14.6 Å². The lowest BCUT2D eigenvalue weighted by molar-refractivity contribution is -0.384. The highest BCUT2D eigenvalue weighted by atomic mass is 16.7. The number of likely N-dealkylation sites (tertiary alicyclic amines) is 1. The molecule has 7 nitrogen and oxygen atoms in total. The standard InChI is InChI=1S/C15H15N3O4/c19-15-13(10-17-8-2-1-3-9-17)14(16-22-15)11-4-6-12(7-5-11)18(20)21/h4-7,10H,1-3,8-9H2. The van der Waals surface area contributed by atoms with Crippen molar-refractivity contribution in [2.45, 2.75) is 19.3 Å². The van der Waals surface area contributed by atoms with Gasteiger partial charge in [-0.3, -0.25) is 10.1 Å². The SMILES string of the molecule is O=C1ON=C(c2ccc([N+](=O)[O-])cc2)C1=CN1CCCCC1. The van der Waals surface area contributed by atoms with E-state index in [9.17, 15) is 14.9 Å². The minimum atomic E-state index is -0.487. The summed E-state index contributed by atoms with van der Waals surface area (Å²) in [5.41, 5.74) is 1.44. The molecule has 1 aromatic rings. The van der Waals surface area contributed by atoms with Gasteiger partial charge in [0.15, 0.2) is 0 Å². The summed E-state index contributed by atoms with van der Waals surface area (Å²) in [5, 5.41) is 14.5. The van der Waals surface area contributed by atoms with Gasteiger partial charge >= 0.3 is 5.97 Å². The summed E-state index contributed by atoms with van der Waals surface area (Å²) in [6.07, 6.45) is 5.19. The number of nitrogens with zero attached hydrogens (tertiary/aromatic N) is 3. The second kappa shape index (κ2) is 5.97. The van der Waals surface area contributed by atoms with Gasteiger partial charge in [-0.25, -0.2) is 4.79 Å². The van der Waals surface area contributed by atoms with Crippen molar-refractivity contribution in [1.29, 1.82) is 0 Å². The van der Waals surface area contributed by atoms with Gasteiger partial charge in [-0.1, -0.05) is 5.16 Å². The highest BCUT2D eigenvalue weighted by molar-refractivity contribution is 6.28. The smallest absolute Gasteiger partial charge is 0.369 e. The zero-order valence-corrected chi connectivity index (χ0v) is 11.9. The maximum Gasteiger partial charge on any atom is 0.369 e. The van der Waals surface area contributed by atoms with Crippen molar-refractivity contribution in [2.24, 2.45) is 5.16 Å². The molecule has 0 spiro atoms. The predicted octanol–water partition coefficient (Wildman–Crippen LogP) is 2.23. The number of hydrogen-bond acceptors (Lipinski definition) is 6. The average molecular weight is 301 g/mol. The number of benzene rings is 1. The van der Waals surface area contributed by atoms with Gasteiger partial charge in [-0.2, -0.15) is 0 Å². The van der Waals surface area contributed by atoms with E-state index in [1.807, 2.05) is 0 Å². The van der Waals surface area contributed by atoms with Crippen LogP contribution in [0.4, 0.5) is 5.69 Å². The Balaban J connectivity index is 1.86. The van der Waals surface area contributed by atoms with Crippen LogP contribution in [0.25, 0.3) is 0 Å². The van der Waals surface area contributed by atoms with Gasteiger partial charge in [0, 0.05) is 37.0 Å². The average Bonchev–Trinajstić information content (AvgIpc) is 2.89. The first kappa shape index (κ1) is 14.2. The monoisotopic (exact) mass is 301 g/mol. The summed E-state index contributed by atoms with van der Waals surface area (Å²) in [4.78, 5) is 29.0. The Morgan fingerprint density at radius 1 is 1.18 bits per heavy atom. The Hall–Kier alpha value is -2.70. The molecule has 0 atom stereocenters. The zero-order valence-electron chi connectivity index (χ0n) is 11.9. The first-order chi connectivity index (χ1) is 10.6. The molecule has 1 fully saturated rings. The van der Waals surface area contributed by atoms with Crippen LogP contribution in [0, 0.1) is 10.1 Å². The van der Waals surface area contributed by atoms with Crippen molar-refractivity contribution in [2.75, 3.05) is 13.1 Å². The van der Waals surface area contributed by atoms with E-state index in [0.29, 0.717) is 16.8 Å². The van der Waals surface area contributed by atoms with E-state index in [-0.39, 0.29) is 5.69 Å². The molecule has 1 saturated heterocycles. The maximum atomic E-state index is 11.9. The zero-order chi connectivity index (χ0) is 15.5. The topological polar surface area (TPSA) is 85.0 Å². The molecular formula is C15H15N3O4. The van der Waals surface area contributed by atoms with Crippen LogP contribution in [-0.4, -0.2) is 34.6 Å². The summed E-state index contributed by atoms with van der Waals surface area (Å²) in [5.74, 6) is -0.487. The molecule has 7 heteroatoms. The number of oxime groups is 1. The van der Waals surface area contributed by atoms with Gasteiger partial charge in [0.2, 0.25) is 0 Å². The first-order valence-corrected chi connectivity index (χ1v) is 7.15. The fourth-order valence-corrected chi connectivity index (χ4v) is 2.58. The van der Waals surface area contributed by atoms with E-state index < -0.39 is 10.9 Å². The number of nitro groups is 1. The van der Waals surface area contributed by atoms with E-state index in [1.54, 1.807) is 18.3 Å². The summed E-state index contributed by atoms with van der Waals surface area (Å²) in [6.45, 7) is 1.81. The fraction of sp³-hybridized carbons (Fsp3) is 0.333. The van der Waals surface area contributed by atoms with Crippen LogP contribution in [0.3, 0.4) is 0 Å². The van der Waals surface area contributed by atoms with Crippen molar-refractivity contribution in [3.8, 4) is 0 Å². The van der Waals surface area contributed by atoms with E-state index in [4.69, 9.17) is 4.84 Å². The number of non-ortho nitro benzene ring substituents is 1. The number of piperidine rings is 1. The maximum absolute atomic E-state index is 11.9. The molecule has 2 aliphatic rings. The molecule has 0 N–H and O–H groups in total. The lowest BCUT2D eigenvalue weighted by Gasteiger charge is -2.25. The van der Waals surface area contributed by atoms with Crippen LogP contribution in [0.5, 0.6) is 0 Å². The molecule has 114 valence electrons. The number of carbonyl (C=O) groups is 1. The summed E-state index contributed by atoms with van der Waals surface area (Å²) >= 11 is 0. The van der Waals surface area contributed by atoms with Crippen LogP contribution >= 0.6 is 0 Å². The molecule has 0 unspecified atom stereocenters.